The highest BCUT2D eigenvalue weighted by Gasteiger charge is 1.95. The molecule has 0 saturated carbocycles. The molecule has 0 fully saturated rings. The summed E-state index contributed by atoms with van der Waals surface area (Å²) in [6, 6.07) is 0. The number of thioether (sulfide) groups is 1. The van der Waals surface area contributed by atoms with Crippen LogP contribution in [0.5, 0.6) is 0 Å². The van der Waals surface area contributed by atoms with E-state index in [1.165, 1.54) is 77.0 Å². The van der Waals surface area contributed by atoms with Gasteiger partial charge in [0.15, 0.2) is 5.50 Å². The van der Waals surface area contributed by atoms with Gasteiger partial charge < -0.3 is 11.5 Å². The third-order valence-corrected chi connectivity index (χ3v) is 4.25. The lowest BCUT2D eigenvalue weighted by molar-refractivity contribution is 0.610. The van der Waals surface area contributed by atoms with Gasteiger partial charge in [-0.1, -0.05) is 64.0 Å². The quantitative estimate of drug-likeness (QED) is 0.317. The van der Waals surface area contributed by atoms with Crippen molar-refractivity contribution in [3.8, 4) is 0 Å². The topological polar surface area (TPSA) is 52.0 Å². The molecule has 0 saturated heterocycles. The van der Waals surface area contributed by atoms with E-state index in [1.54, 1.807) is 11.8 Å². The number of allylic oxidation sites excluding steroid dienone is 2. The molecule has 0 aromatic carbocycles. The van der Waals surface area contributed by atoms with E-state index in [0.717, 1.165) is 5.75 Å². The van der Waals surface area contributed by atoms with E-state index in [-0.39, 0.29) is 0 Å². The van der Waals surface area contributed by atoms with Gasteiger partial charge in [0.05, 0.1) is 0 Å². The van der Waals surface area contributed by atoms with Gasteiger partial charge in [0.1, 0.15) is 0 Å². The largest absolute Gasteiger partial charge is 0.301 e. The highest BCUT2D eigenvalue weighted by atomic mass is 32.2. The summed E-state index contributed by atoms with van der Waals surface area (Å²) in [7, 11) is 0. The predicted octanol–water partition coefficient (Wildman–Crippen LogP) is 5.34. The van der Waals surface area contributed by atoms with Crippen LogP contribution in [-0.2, 0) is 0 Å². The maximum absolute atomic E-state index is 5.39. The lowest BCUT2D eigenvalue weighted by Gasteiger charge is -2.02. The monoisotopic (exact) mass is 299 g/mol. The van der Waals surface area contributed by atoms with Crippen molar-refractivity contribution in [1.29, 1.82) is 0 Å². The molecule has 0 amide bonds. The minimum absolute atomic E-state index is 0.502. The smallest absolute Gasteiger partial charge is 0.154 e. The summed E-state index contributed by atoms with van der Waals surface area (Å²) in [5.74, 6) is 1.07. The normalized spacial score (nSPS) is 11.8. The maximum atomic E-state index is 5.39. The molecular formula is C17H35N2S. The highest BCUT2D eigenvalue weighted by molar-refractivity contribution is 8.01. The maximum Gasteiger partial charge on any atom is 0.154 e. The second-order valence-electron chi connectivity index (χ2n) is 5.48. The van der Waals surface area contributed by atoms with Gasteiger partial charge in [-0.25, -0.2) is 0 Å². The second-order valence-corrected chi connectivity index (χ2v) is 6.65. The van der Waals surface area contributed by atoms with Crippen LogP contribution in [0.1, 0.15) is 84.0 Å². The molecule has 0 bridgehead atoms. The SMILES string of the molecule is CCCCCCCC/C=C\CCCCCCS[C](N)N. The van der Waals surface area contributed by atoms with Crippen molar-refractivity contribution in [2.75, 3.05) is 5.75 Å². The first-order chi connectivity index (χ1) is 9.77. The molecule has 0 unspecified atom stereocenters. The van der Waals surface area contributed by atoms with Crippen LogP contribution in [0.25, 0.3) is 0 Å². The molecule has 0 atom stereocenters. The summed E-state index contributed by atoms with van der Waals surface area (Å²) in [5, 5.41) is 0. The molecule has 3 heteroatoms. The van der Waals surface area contributed by atoms with E-state index >= 15 is 0 Å². The Kier molecular flexibility index (Phi) is 17.1. The molecule has 0 spiro atoms. The van der Waals surface area contributed by atoms with Crippen LogP contribution in [0.2, 0.25) is 0 Å². The van der Waals surface area contributed by atoms with E-state index in [0.29, 0.717) is 5.50 Å². The second kappa shape index (κ2) is 17.1. The van der Waals surface area contributed by atoms with E-state index < -0.39 is 0 Å². The van der Waals surface area contributed by atoms with Gasteiger partial charge in [0.2, 0.25) is 0 Å². The van der Waals surface area contributed by atoms with Gasteiger partial charge in [-0.2, -0.15) is 0 Å². The summed E-state index contributed by atoms with van der Waals surface area (Å²) in [6.07, 6.45) is 20.8. The van der Waals surface area contributed by atoms with Crippen molar-refractivity contribution in [2.24, 2.45) is 11.5 Å². The van der Waals surface area contributed by atoms with E-state index in [1.807, 2.05) is 0 Å². The Labute approximate surface area is 131 Å². The summed E-state index contributed by atoms with van der Waals surface area (Å²) in [6.45, 7) is 2.27. The number of rotatable bonds is 15. The van der Waals surface area contributed by atoms with Crippen molar-refractivity contribution in [1.82, 2.24) is 0 Å². The summed E-state index contributed by atoms with van der Waals surface area (Å²) < 4.78 is 0. The summed E-state index contributed by atoms with van der Waals surface area (Å²) in [4.78, 5) is 0. The fourth-order valence-electron chi connectivity index (χ4n) is 2.19. The van der Waals surface area contributed by atoms with Gasteiger partial charge in [-0.15, -0.1) is 11.8 Å². The first-order valence-electron chi connectivity index (χ1n) is 8.43. The van der Waals surface area contributed by atoms with Crippen LogP contribution >= 0.6 is 11.8 Å². The minimum Gasteiger partial charge on any atom is -0.301 e. The molecule has 0 aliphatic rings. The first kappa shape index (κ1) is 20.0. The predicted molar refractivity (Wildman–Crippen MR) is 94.3 cm³/mol. The van der Waals surface area contributed by atoms with Crippen molar-refractivity contribution < 1.29 is 0 Å². The molecule has 0 aromatic rings. The van der Waals surface area contributed by atoms with Crippen molar-refractivity contribution in [3.05, 3.63) is 17.6 Å². The molecular weight excluding hydrogens is 264 g/mol. The molecule has 4 N–H and O–H groups in total. The van der Waals surface area contributed by atoms with Crippen LogP contribution in [-0.4, -0.2) is 5.75 Å². The van der Waals surface area contributed by atoms with Crippen LogP contribution in [0.3, 0.4) is 0 Å². The van der Waals surface area contributed by atoms with Gasteiger partial charge >= 0.3 is 0 Å². The molecule has 0 rings (SSSR count). The zero-order valence-electron chi connectivity index (χ0n) is 13.4. The fraction of sp³-hybridized carbons (Fsp3) is 0.824. The zero-order valence-corrected chi connectivity index (χ0v) is 14.2. The van der Waals surface area contributed by atoms with Gasteiger partial charge in [0.25, 0.3) is 0 Å². The van der Waals surface area contributed by atoms with Crippen molar-refractivity contribution in [3.63, 3.8) is 0 Å². The molecule has 0 aliphatic carbocycles. The Bertz CT molecular complexity index is 205. The first-order valence-corrected chi connectivity index (χ1v) is 9.41. The third-order valence-electron chi connectivity index (χ3n) is 3.42. The lowest BCUT2D eigenvalue weighted by atomic mass is 10.1. The zero-order chi connectivity index (χ0) is 14.9. The standard InChI is InChI=1S/C17H35N2S/c1-2-3-4-5-6-7-8-9-10-11-12-13-14-15-16-20-17(18)19/h9-10H,2-8,11-16,18-19H2,1H3/b10-9-. The third kappa shape index (κ3) is 18.0. The molecule has 20 heavy (non-hydrogen) atoms. The van der Waals surface area contributed by atoms with Crippen LogP contribution < -0.4 is 11.5 Å². The molecule has 119 valence electrons. The van der Waals surface area contributed by atoms with E-state index in [4.69, 9.17) is 11.5 Å². The van der Waals surface area contributed by atoms with Gasteiger partial charge in [-0.3, -0.25) is 0 Å². The Morgan fingerprint density at radius 1 is 0.750 bits per heavy atom. The lowest BCUT2D eigenvalue weighted by Crippen LogP contribution is -2.16. The number of hydrogen-bond donors (Lipinski definition) is 2. The molecule has 0 aromatic heterocycles. The Morgan fingerprint density at radius 2 is 1.25 bits per heavy atom. The summed E-state index contributed by atoms with van der Waals surface area (Å²) >= 11 is 1.57. The average molecular weight is 300 g/mol. The Balaban J connectivity index is 3.05. The summed E-state index contributed by atoms with van der Waals surface area (Å²) in [5.41, 5.74) is 11.3. The molecule has 2 nitrogen and oxygen atoms in total. The molecule has 0 aliphatic heterocycles. The highest BCUT2D eigenvalue weighted by Crippen LogP contribution is 2.12. The van der Waals surface area contributed by atoms with Crippen LogP contribution in [0.15, 0.2) is 12.2 Å². The molecule has 0 heterocycles. The average Bonchev–Trinajstić information content (AvgIpc) is 2.43. The molecule has 1 radical (unpaired) electrons. The van der Waals surface area contributed by atoms with Crippen LogP contribution in [0, 0.1) is 5.50 Å². The van der Waals surface area contributed by atoms with E-state index in [9.17, 15) is 0 Å². The van der Waals surface area contributed by atoms with Gasteiger partial charge in [-0.05, 0) is 37.9 Å². The minimum atomic E-state index is 0.502. The number of nitrogens with two attached hydrogens (primary N) is 2. The number of unbranched alkanes of at least 4 members (excludes halogenated alkanes) is 10. The fourth-order valence-corrected chi connectivity index (χ4v) is 2.77. The van der Waals surface area contributed by atoms with Crippen molar-refractivity contribution in [2.45, 2.75) is 84.0 Å². The Morgan fingerprint density at radius 3 is 1.80 bits per heavy atom. The van der Waals surface area contributed by atoms with Crippen molar-refractivity contribution >= 4 is 11.8 Å². The van der Waals surface area contributed by atoms with Crippen LogP contribution in [0.4, 0.5) is 0 Å². The number of hydrogen-bond acceptors (Lipinski definition) is 3. The van der Waals surface area contributed by atoms with E-state index in [2.05, 4.69) is 19.1 Å². The Hall–Kier alpha value is 0.01000. The van der Waals surface area contributed by atoms with Gasteiger partial charge in [0, 0.05) is 0 Å².